The largest absolute Gasteiger partial charge is 0.437 e. The maximum atomic E-state index is 6.38. The number of furan rings is 1. The number of pyridine rings is 1. The van der Waals surface area contributed by atoms with Gasteiger partial charge in [0.05, 0.1) is 0 Å². The number of rotatable bonds is 6. The second-order valence-corrected chi connectivity index (χ2v) is 10.4. The van der Waals surface area contributed by atoms with Gasteiger partial charge in [-0.05, 0) is 78.5 Å². The normalized spacial score (nSPS) is 15.8. The molecule has 36 heavy (non-hydrogen) atoms. The number of allylic oxidation sites excluding steroid dienone is 4. The molecule has 1 aliphatic carbocycles. The van der Waals surface area contributed by atoms with Crippen LogP contribution in [-0.2, 0) is 0 Å². The number of aromatic nitrogens is 1. The molecule has 0 amide bonds. The summed E-state index contributed by atoms with van der Waals surface area (Å²) >= 11 is 0. The fraction of sp³-hybridized carbons (Fsp3) is 0.333. The lowest BCUT2D eigenvalue weighted by atomic mass is 9.94. The van der Waals surface area contributed by atoms with Crippen LogP contribution in [0.2, 0.25) is 0 Å². The minimum atomic E-state index is 0.362. The Balaban J connectivity index is 1.53. The molecule has 2 aromatic heterocycles. The smallest absolute Gasteiger partial charge is 0.227 e. The van der Waals surface area contributed by atoms with E-state index < -0.39 is 0 Å². The molecule has 1 saturated carbocycles. The third kappa shape index (κ3) is 4.67. The standard InChI is InChI=1S/C33H36N2O/c1-21(2)30-19-18-29-28-17-11-23(4)31(32(28)36-33(29)35-30)22(3)10-12-27(20-34-5)26-15-13-25(14-16-26)24-8-6-7-9-24/h10-21,24H,6-9H2,1-5H3/b22-10+,27-12+,34-20?. The molecular weight excluding hydrogens is 440 g/mol. The highest BCUT2D eigenvalue weighted by Gasteiger charge is 2.17. The Morgan fingerprint density at radius 3 is 2.39 bits per heavy atom. The average molecular weight is 477 g/mol. The van der Waals surface area contributed by atoms with Crippen LogP contribution in [0, 0.1) is 6.92 Å². The Bertz CT molecular complexity index is 1480. The zero-order valence-corrected chi connectivity index (χ0v) is 22.1. The van der Waals surface area contributed by atoms with E-state index in [-0.39, 0.29) is 0 Å². The number of hydrogen-bond donors (Lipinski definition) is 0. The molecule has 2 aromatic carbocycles. The van der Waals surface area contributed by atoms with E-state index in [1.54, 1.807) is 0 Å². The van der Waals surface area contributed by atoms with Crippen molar-refractivity contribution in [2.75, 3.05) is 7.05 Å². The molecule has 0 N–H and O–H groups in total. The first-order chi connectivity index (χ1) is 17.5. The summed E-state index contributed by atoms with van der Waals surface area (Å²) in [5, 5.41) is 2.18. The second-order valence-electron chi connectivity index (χ2n) is 10.4. The van der Waals surface area contributed by atoms with Crippen LogP contribution in [0.1, 0.15) is 86.2 Å². The van der Waals surface area contributed by atoms with E-state index >= 15 is 0 Å². The van der Waals surface area contributed by atoms with E-state index in [4.69, 9.17) is 9.40 Å². The van der Waals surface area contributed by atoms with Crippen molar-refractivity contribution in [2.24, 2.45) is 4.99 Å². The van der Waals surface area contributed by atoms with Gasteiger partial charge in [0.25, 0.3) is 0 Å². The fourth-order valence-electron chi connectivity index (χ4n) is 5.50. The molecule has 0 unspecified atom stereocenters. The van der Waals surface area contributed by atoms with Gasteiger partial charge in [0.15, 0.2) is 0 Å². The van der Waals surface area contributed by atoms with Gasteiger partial charge < -0.3 is 4.42 Å². The molecule has 0 atom stereocenters. The highest BCUT2D eigenvalue weighted by molar-refractivity contribution is 6.11. The van der Waals surface area contributed by atoms with Crippen molar-refractivity contribution in [1.82, 2.24) is 4.98 Å². The van der Waals surface area contributed by atoms with Crippen molar-refractivity contribution in [3.8, 4) is 0 Å². The summed E-state index contributed by atoms with van der Waals surface area (Å²) in [6.45, 7) is 8.62. The first-order valence-corrected chi connectivity index (χ1v) is 13.2. The Morgan fingerprint density at radius 2 is 1.69 bits per heavy atom. The van der Waals surface area contributed by atoms with Gasteiger partial charge in [0.1, 0.15) is 5.58 Å². The molecule has 3 heteroatoms. The maximum Gasteiger partial charge on any atom is 0.227 e. The molecule has 0 saturated heterocycles. The van der Waals surface area contributed by atoms with Crippen LogP contribution in [0.25, 0.3) is 33.2 Å². The summed E-state index contributed by atoms with van der Waals surface area (Å²) in [5.41, 5.74) is 9.93. The number of aliphatic imine (C=N–C) groups is 1. The van der Waals surface area contributed by atoms with Crippen LogP contribution in [-0.4, -0.2) is 18.2 Å². The molecular formula is C33H36N2O. The summed E-state index contributed by atoms with van der Waals surface area (Å²) in [7, 11) is 1.83. The molecule has 0 radical (unpaired) electrons. The van der Waals surface area contributed by atoms with Crippen LogP contribution < -0.4 is 0 Å². The third-order valence-corrected chi connectivity index (χ3v) is 7.57. The Hall–Kier alpha value is -3.46. The van der Waals surface area contributed by atoms with Gasteiger partial charge >= 0.3 is 0 Å². The van der Waals surface area contributed by atoms with Gasteiger partial charge in [0.2, 0.25) is 5.71 Å². The molecule has 1 aliphatic rings. The molecule has 0 bridgehead atoms. The van der Waals surface area contributed by atoms with Crippen LogP contribution in [0.4, 0.5) is 0 Å². The number of nitrogens with zero attached hydrogens (tertiary/aromatic N) is 2. The van der Waals surface area contributed by atoms with Gasteiger partial charge in [0, 0.05) is 35.3 Å². The average Bonchev–Trinajstić information content (AvgIpc) is 3.54. The summed E-state index contributed by atoms with van der Waals surface area (Å²) in [6.07, 6.45) is 11.7. The Labute approximate surface area is 214 Å². The van der Waals surface area contributed by atoms with Gasteiger partial charge in [-0.1, -0.05) is 75.2 Å². The number of hydrogen-bond acceptors (Lipinski definition) is 3. The SMILES string of the molecule is CN=C/C(=C\C=C(/C)c1c(C)ccc2c1oc1nc(C(C)C)ccc12)c1ccc(C2CCCC2)cc1. The second kappa shape index (κ2) is 10.3. The van der Waals surface area contributed by atoms with Crippen LogP contribution >= 0.6 is 0 Å². The van der Waals surface area contributed by atoms with Crippen LogP contribution in [0.15, 0.2) is 70.1 Å². The molecule has 0 spiro atoms. The lowest BCUT2D eigenvalue weighted by Gasteiger charge is -2.11. The van der Waals surface area contributed by atoms with E-state index in [0.717, 1.165) is 44.7 Å². The van der Waals surface area contributed by atoms with Crippen molar-refractivity contribution in [3.05, 3.63) is 88.6 Å². The number of aryl methyl sites for hydroxylation is 1. The summed E-state index contributed by atoms with van der Waals surface area (Å²) < 4.78 is 6.38. The molecule has 1 fully saturated rings. The van der Waals surface area contributed by atoms with Crippen molar-refractivity contribution >= 4 is 39.4 Å². The predicted octanol–water partition coefficient (Wildman–Crippen LogP) is 9.26. The van der Waals surface area contributed by atoms with Crippen molar-refractivity contribution < 1.29 is 4.42 Å². The molecule has 2 heterocycles. The summed E-state index contributed by atoms with van der Waals surface area (Å²) in [4.78, 5) is 9.13. The molecule has 0 aliphatic heterocycles. The highest BCUT2D eigenvalue weighted by Crippen LogP contribution is 2.36. The van der Waals surface area contributed by atoms with Crippen molar-refractivity contribution in [3.63, 3.8) is 0 Å². The topological polar surface area (TPSA) is 38.4 Å². The monoisotopic (exact) mass is 476 g/mol. The van der Waals surface area contributed by atoms with Crippen LogP contribution in [0.3, 0.4) is 0 Å². The predicted molar refractivity (Wildman–Crippen MR) is 154 cm³/mol. The summed E-state index contributed by atoms with van der Waals surface area (Å²) in [6, 6.07) is 17.7. The van der Waals surface area contributed by atoms with Crippen molar-refractivity contribution in [1.29, 1.82) is 0 Å². The lowest BCUT2D eigenvalue weighted by Crippen LogP contribution is -1.93. The van der Waals surface area contributed by atoms with E-state index in [1.165, 1.54) is 42.4 Å². The van der Waals surface area contributed by atoms with Gasteiger partial charge in [-0.25, -0.2) is 4.98 Å². The van der Waals surface area contributed by atoms with E-state index in [0.29, 0.717) is 11.6 Å². The minimum absolute atomic E-state index is 0.362. The molecule has 5 rings (SSSR count). The maximum absolute atomic E-state index is 6.38. The zero-order chi connectivity index (χ0) is 25.2. The first kappa shape index (κ1) is 24.2. The number of fused-ring (bicyclic) bond motifs is 3. The Morgan fingerprint density at radius 1 is 0.972 bits per heavy atom. The third-order valence-electron chi connectivity index (χ3n) is 7.57. The molecule has 184 valence electrons. The molecule has 4 aromatic rings. The Kier molecular flexibility index (Phi) is 6.91. The first-order valence-electron chi connectivity index (χ1n) is 13.2. The van der Waals surface area contributed by atoms with Crippen molar-refractivity contribution in [2.45, 2.75) is 65.2 Å². The molecule has 3 nitrogen and oxygen atoms in total. The number of benzene rings is 2. The quantitative estimate of drug-likeness (QED) is 0.205. The van der Waals surface area contributed by atoms with E-state index in [2.05, 4.69) is 93.4 Å². The summed E-state index contributed by atoms with van der Waals surface area (Å²) in [5.74, 6) is 1.09. The van der Waals surface area contributed by atoms with Crippen LogP contribution in [0.5, 0.6) is 0 Å². The van der Waals surface area contributed by atoms with Gasteiger partial charge in [-0.2, -0.15) is 0 Å². The zero-order valence-electron chi connectivity index (χ0n) is 22.1. The van der Waals surface area contributed by atoms with E-state index in [1.807, 2.05) is 13.3 Å². The minimum Gasteiger partial charge on any atom is -0.437 e. The van der Waals surface area contributed by atoms with Gasteiger partial charge in [-0.3, -0.25) is 4.99 Å². The van der Waals surface area contributed by atoms with Gasteiger partial charge in [-0.15, -0.1) is 0 Å². The highest BCUT2D eigenvalue weighted by atomic mass is 16.3. The van der Waals surface area contributed by atoms with E-state index in [9.17, 15) is 0 Å². The lowest BCUT2D eigenvalue weighted by molar-refractivity contribution is 0.646. The fourth-order valence-corrected chi connectivity index (χ4v) is 5.50.